The molecule has 0 saturated heterocycles. The molecule has 0 bridgehead atoms. The van der Waals surface area contributed by atoms with Crippen LogP contribution in [0.3, 0.4) is 0 Å². The molecule has 1 aromatic heterocycles. The van der Waals surface area contributed by atoms with E-state index in [4.69, 9.17) is 9.97 Å². The normalized spacial score (nSPS) is 15.3. The average molecular weight is 325 g/mol. The lowest BCUT2D eigenvalue weighted by atomic mass is 10.0. The lowest BCUT2D eigenvalue weighted by molar-refractivity contribution is 0.253. The first-order valence-electron chi connectivity index (χ1n) is 8.91. The van der Waals surface area contributed by atoms with Gasteiger partial charge in [0.1, 0.15) is 11.6 Å². The Morgan fingerprint density at radius 1 is 1.17 bits per heavy atom. The summed E-state index contributed by atoms with van der Waals surface area (Å²) in [6.07, 6.45) is 3.38. The smallest absolute Gasteiger partial charge is 0.126 e. The van der Waals surface area contributed by atoms with Gasteiger partial charge in [-0.25, -0.2) is 9.97 Å². The van der Waals surface area contributed by atoms with E-state index in [1.165, 1.54) is 17.7 Å². The van der Waals surface area contributed by atoms with Crippen LogP contribution in [0.25, 0.3) is 11.3 Å². The molecule has 128 valence electrons. The molecule has 0 unspecified atom stereocenters. The zero-order valence-electron chi connectivity index (χ0n) is 14.9. The fourth-order valence-corrected chi connectivity index (χ4v) is 3.29. The van der Waals surface area contributed by atoms with Gasteiger partial charge in [-0.2, -0.15) is 0 Å². The lowest BCUT2D eigenvalue weighted by Crippen LogP contribution is -2.25. The second-order valence-electron chi connectivity index (χ2n) is 7.15. The predicted molar refractivity (Wildman–Crippen MR) is 96.9 cm³/mol. The van der Waals surface area contributed by atoms with Gasteiger partial charge in [-0.15, -0.1) is 0 Å². The van der Waals surface area contributed by atoms with Crippen molar-refractivity contribution in [2.45, 2.75) is 46.6 Å². The summed E-state index contributed by atoms with van der Waals surface area (Å²) < 4.78 is 0. The van der Waals surface area contributed by atoms with Crippen LogP contribution >= 0.6 is 0 Å². The number of aromatic hydroxyl groups is 1. The highest BCUT2D eigenvalue weighted by Crippen LogP contribution is 2.29. The third-order valence-electron chi connectivity index (χ3n) is 4.64. The first kappa shape index (κ1) is 16.9. The molecule has 0 fully saturated rings. The number of aromatic nitrogens is 2. The molecule has 1 aromatic carbocycles. The van der Waals surface area contributed by atoms with Crippen LogP contribution < -0.4 is 0 Å². The van der Waals surface area contributed by atoms with Crippen molar-refractivity contribution in [3.05, 3.63) is 41.3 Å². The lowest BCUT2D eigenvalue weighted by Gasteiger charge is -2.22. The van der Waals surface area contributed by atoms with Crippen molar-refractivity contribution < 1.29 is 5.11 Å². The minimum atomic E-state index is 0.286. The maximum absolute atomic E-state index is 9.56. The van der Waals surface area contributed by atoms with Gasteiger partial charge in [0.15, 0.2) is 0 Å². The van der Waals surface area contributed by atoms with E-state index in [9.17, 15) is 5.11 Å². The van der Waals surface area contributed by atoms with Gasteiger partial charge in [-0.05, 0) is 69.5 Å². The number of hydrogen-bond donors (Lipinski definition) is 1. The molecule has 0 saturated carbocycles. The summed E-state index contributed by atoms with van der Waals surface area (Å²) >= 11 is 0. The van der Waals surface area contributed by atoms with Crippen molar-refractivity contribution in [3.8, 4) is 17.0 Å². The third kappa shape index (κ3) is 3.93. The Morgan fingerprint density at radius 3 is 2.62 bits per heavy atom. The fourth-order valence-electron chi connectivity index (χ4n) is 3.29. The van der Waals surface area contributed by atoms with Crippen molar-refractivity contribution >= 4 is 0 Å². The summed E-state index contributed by atoms with van der Waals surface area (Å²) in [6, 6.07) is 7.35. The SMILES string of the molecule is Cc1nc2c(c(-c3ccc(O)cc3)n1)CN(CCC(C)C)CCC2. The molecule has 0 atom stereocenters. The van der Waals surface area contributed by atoms with Crippen molar-refractivity contribution in [1.82, 2.24) is 14.9 Å². The Kier molecular flexibility index (Phi) is 5.14. The number of fused-ring (bicyclic) bond motifs is 1. The van der Waals surface area contributed by atoms with Gasteiger partial charge in [-0.3, -0.25) is 4.90 Å². The first-order chi connectivity index (χ1) is 11.5. The van der Waals surface area contributed by atoms with Crippen LogP contribution in [-0.2, 0) is 13.0 Å². The van der Waals surface area contributed by atoms with Crippen LogP contribution in [0.4, 0.5) is 0 Å². The molecule has 1 N–H and O–H groups in total. The number of phenols is 1. The summed E-state index contributed by atoms with van der Waals surface area (Å²) in [4.78, 5) is 12.0. The van der Waals surface area contributed by atoms with E-state index >= 15 is 0 Å². The van der Waals surface area contributed by atoms with E-state index in [1.54, 1.807) is 12.1 Å². The van der Waals surface area contributed by atoms with Crippen LogP contribution in [0.1, 0.15) is 43.8 Å². The van der Waals surface area contributed by atoms with E-state index in [2.05, 4.69) is 18.7 Å². The molecule has 2 aromatic rings. The maximum atomic E-state index is 9.56. The number of hydrogen-bond acceptors (Lipinski definition) is 4. The number of rotatable bonds is 4. The van der Waals surface area contributed by atoms with Gasteiger partial charge in [0.25, 0.3) is 0 Å². The Labute approximate surface area is 144 Å². The molecule has 4 heteroatoms. The van der Waals surface area contributed by atoms with Gasteiger partial charge < -0.3 is 5.11 Å². The predicted octanol–water partition coefficient (Wildman–Crippen LogP) is 3.95. The van der Waals surface area contributed by atoms with Crippen molar-refractivity contribution in [2.24, 2.45) is 5.92 Å². The monoisotopic (exact) mass is 325 g/mol. The van der Waals surface area contributed by atoms with Gasteiger partial charge >= 0.3 is 0 Å². The molecule has 24 heavy (non-hydrogen) atoms. The van der Waals surface area contributed by atoms with Crippen molar-refractivity contribution in [1.29, 1.82) is 0 Å². The van der Waals surface area contributed by atoms with Gasteiger partial charge in [0, 0.05) is 23.4 Å². The minimum absolute atomic E-state index is 0.286. The zero-order chi connectivity index (χ0) is 17.1. The van der Waals surface area contributed by atoms with Crippen molar-refractivity contribution in [2.75, 3.05) is 13.1 Å². The number of phenolic OH excluding ortho intramolecular Hbond substituents is 1. The van der Waals surface area contributed by atoms with Crippen LogP contribution in [-0.4, -0.2) is 33.1 Å². The summed E-state index contributed by atoms with van der Waals surface area (Å²) in [5, 5.41) is 9.56. The summed E-state index contributed by atoms with van der Waals surface area (Å²) in [7, 11) is 0. The quantitative estimate of drug-likeness (QED) is 0.924. The molecule has 2 heterocycles. The van der Waals surface area contributed by atoms with Gasteiger partial charge in [-0.1, -0.05) is 13.8 Å². The Balaban J connectivity index is 1.96. The first-order valence-corrected chi connectivity index (χ1v) is 8.91. The molecule has 0 aliphatic carbocycles. The zero-order valence-corrected chi connectivity index (χ0v) is 14.9. The Hall–Kier alpha value is -1.94. The van der Waals surface area contributed by atoms with Gasteiger partial charge in [0.05, 0.1) is 5.69 Å². The molecule has 1 aliphatic rings. The van der Waals surface area contributed by atoms with E-state index in [-0.39, 0.29) is 5.75 Å². The van der Waals surface area contributed by atoms with Crippen LogP contribution in [0.5, 0.6) is 5.75 Å². The van der Waals surface area contributed by atoms with Crippen LogP contribution in [0, 0.1) is 12.8 Å². The van der Waals surface area contributed by atoms with Crippen LogP contribution in [0.15, 0.2) is 24.3 Å². The third-order valence-corrected chi connectivity index (χ3v) is 4.64. The highest BCUT2D eigenvalue weighted by molar-refractivity contribution is 5.64. The second kappa shape index (κ2) is 7.31. The Bertz CT molecular complexity index is 695. The molecule has 1 aliphatic heterocycles. The maximum Gasteiger partial charge on any atom is 0.126 e. The molecule has 0 spiro atoms. The molecule has 3 rings (SSSR count). The van der Waals surface area contributed by atoms with Crippen LogP contribution in [0.2, 0.25) is 0 Å². The topological polar surface area (TPSA) is 49.3 Å². The highest BCUT2D eigenvalue weighted by Gasteiger charge is 2.21. The summed E-state index contributed by atoms with van der Waals surface area (Å²) in [5.41, 5.74) is 4.53. The van der Waals surface area contributed by atoms with E-state index in [1.807, 2.05) is 19.1 Å². The average Bonchev–Trinajstić information content (AvgIpc) is 2.75. The molecular weight excluding hydrogens is 298 g/mol. The molecule has 4 nitrogen and oxygen atoms in total. The highest BCUT2D eigenvalue weighted by atomic mass is 16.3. The van der Waals surface area contributed by atoms with Crippen molar-refractivity contribution in [3.63, 3.8) is 0 Å². The second-order valence-corrected chi connectivity index (χ2v) is 7.15. The standard InChI is InChI=1S/C20H27N3O/c1-14(2)10-12-23-11-4-5-19-18(13-23)20(22-15(3)21-19)16-6-8-17(24)9-7-16/h6-9,14,24H,4-5,10-13H2,1-3H3. The molecular formula is C20H27N3O. The number of aryl methyl sites for hydroxylation is 2. The molecule has 0 amide bonds. The fraction of sp³-hybridized carbons (Fsp3) is 0.500. The Morgan fingerprint density at radius 2 is 1.92 bits per heavy atom. The number of nitrogens with zero attached hydrogens (tertiary/aromatic N) is 3. The number of benzene rings is 1. The van der Waals surface area contributed by atoms with E-state index in [0.717, 1.165) is 55.5 Å². The van der Waals surface area contributed by atoms with E-state index < -0.39 is 0 Å². The summed E-state index contributed by atoms with van der Waals surface area (Å²) in [5.74, 6) is 1.83. The van der Waals surface area contributed by atoms with E-state index in [0.29, 0.717) is 0 Å². The molecule has 0 radical (unpaired) electrons. The van der Waals surface area contributed by atoms with Gasteiger partial charge in [0.2, 0.25) is 0 Å². The summed E-state index contributed by atoms with van der Waals surface area (Å²) in [6.45, 7) is 9.68. The minimum Gasteiger partial charge on any atom is -0.508 e. The largest absolute Gasteiger partial charge is 0.508 e.